The van der Waals surface area contributed by atoms with Crippen molar-refractivity contribution < 1.29 is 38.1 Å². The average molecular weight is 1180 g/mol. The van der Waals surface area contributed by atoms with Gasteiger partial charge in [-0.3, -0.25) is 19.2 Å². The van der Waals surface area contributed by atoms with Crippen LogP contribution in [-0.4, -0.2) is 97.7 Å². The van der Waals surface area contributed by atoms with Gasteiger partial charge in [-0.1, -0.05) is 165 Å². The highest BCUT2D eigenvalue weighted by molar-refractivity contribution is 7.80. The van der Waals surface area contributed by atoms with Crippen LogP contribution < -0.4 is 9.47 Å². The molecule has 0 spiro atoms. The molecule has 464 valence electrons. The average Bonchev–Trinajstić information content (AvgIpc) is 3.48. The molecule has 0 atom stereocenters. The molecule has 2 aliphatic rings. The number of carbonyl (C=O) groups excluding carboxylic acids is 4. The first-order valence-electron chi connectivity index (χ1n) is 33.1. The van der Waals surface area contributed by atoms with Gasteiger partial charge in [0.05, 0.1) is 26.1 Å². The molecular weight excluding hydrogens is 1060 g/mol. The highest BCUT2D eigenvalue weighted by atomic mass is 32.1. The number of hydrogen-bond acceptors (Lipinski definition) is 12. The number of hydrogen-bond donors (Lipinski definition) is 2. The van der Waals surface area contributed by atoms with Crippen LogP contribution in [-0.2, 0) is 41.5 Å². The summed E-state index contributed by atoms with van der Waals surface area (Å²) in [5.41, 5.74) is 1.74. The van der Waals surface area contributed by atoms with Gasteiger partial charge >= 0.3 is 23.9 Å². The molecular formula is C70H114N2O8S2. The van der Waals surface area contributed by atoms with Crippen LogP contribution in [0.25, 0.3) is 0 Å². The molecule has 0 unspecified atom stereocenters. The van der Waals surface area contributed by atoms with Crippen LogP contribution in [0.3, 0.4) is 0 Å². The molecule has 82 heavy (non-hydrogen) atoms. The molecule has 0 amide bonds. The highest BCUT2D eigenvalue weighted by Gasteiger charge is 2.21. The Bertz CT molecular complexity index is 1810. The van der Waals surface area contributed by atoms with E-state index in [1.165, 1.54) is 167 Å². The Morgan fingerprint density at radius 1 is 0.427 bits per heavy atom. The molecule has 2 heterocycles. The molecule has 0 bridgehead atoms. The van der Waals surface area contributed by atoms with Crippen molar-refractivity contribution in [3.05, 3.63) is 84.0 Å². The Labute approximate surface area is 510 Å². The third-order valence-electron chi connectivity index (χ3n) is 16.1. The molecule has 4 rings (SSSR count). The molecule has 0 radical (unpaired) electrons. The van der Waals surface area contributed by atoms with Crippen molar-refractivity contribution in [1.29, 1.82) is 0 Å². The fourth-order valence-electron chi connectivity index (χ4n) is 10.8. The summed E-state index contributed by atoms with van der Waals surface area (Å²) in [6.07, 6.45) is 49.5. The minimum atomic E-state index is -0.202. The second kappa shape index (κ2) is 50.7. The molecule has 0 aliphatic carbocycles. The fourth-order valence-corrected chi connectivity index (χ4v) is 11.4. The van der Waals surface area contributed by atoms with Gasteiger partial charge in [-0.15, -0.1) is 0 Å². The Morgan fingerprint density at radius 3 is 1.05 bits per heavy atom. The van der Waals surface area contributed by atoms with Gasteiger partial charge in [0.15, 0.2) is 0 Å². The normalized spacial score (nSPS) is 14.5. The number of unbranched alkanes of at least 4 members (excludes halogenated alkanes) is 22. The van der Waals surface area contributed by atoms with Gasteiger partial charge in [0.25, 0.3) is 0 Å². The lowest BCUT2D eigenvalue weighted by molar-refractivity contribution is -0.144. The van der Waals surface area contributed by atoms with Gasteiger partial charge in [-0.05, 0) is 176 Å². The largest absolute Gasteiger partial charge is 0.465 e. The minimum absolute atomic E-state index is 0.189. The second-order valence-corrected chi connectivity index (χ2v) is 24.2. The van der Waals surface area contributed by atoms with Crippen molar-refractivity contribution in [2.24, 2.45) is 11.8 Å². The van der Waals surface area contributed by atoms with Gasteiger partial charge < -0.3 is 28.7 Å². The molecule has 2 aromatic rings. The number of rotatable bonds is 46. The number of carbonyl (C=O) groups is 4. The number of piperidine rings is 2. The molecule has 0 saturated carbocycles. The van der Waals surface area contributed by atoms with E-state index in [0.717, 1.165) is 100 Å². The van der Waals surface area contributed by atoms with E-state index in [9.17, 15) is 19.2 Å². The van der Waals surface area contributed by atoms with E-state index in [-0.39, 0.29) is 36.7 Å². The molecule has 0 N–H and O–H groups in total. The quantitative estimate of drug-likeness (QED) is 0.0219. The zero-order chi connectivity index (χ0) is 58.8. The monoisotopic (exact) mass is 1170 g/mol. The first-order valence-corrected chi connectivity index (χ1v) is 34.3. The van der Waals surface area contributed by atoms with Crippen LogP contribution in [0.15, 0.2) is 72.8 Å². The smallest absolute Gasteiger partial charge is 0.311 e. The lowest BCUT2D eigenvalue weighted by Gasteiger charge is -2.31. The lowest BCUT2D eigenvalue weighted by Crippen LogP contribution is -2.35. The Hall–Kier alpha value is -3.58. The summed E-state index contributed by atoms with van der Waals surface area (Å²) < 4.78 is 21.9. The van der Waals surface area contributed by atoms with E-state index < -0.39 is 0 Å². The number of likely N-dealkylation sites (tertiary alicyclic amines) is 2. The standard InChI is InChI=1S/2C35H57NO4S/c2*1-2-3-4-5-6-7-8-9-10-11-12-13-14-15-16-17-34(37)40-33-20-18-32(19-21-33)30-35(38)39-28-24-31-22-25-36(26-23-31)27-29-41/h2*9-10,18-21,31,41H,2-8,11-17,22-30H2,1H3/b2*10-9-. The SMILES string of the molecule is CCCCCCCC/C=C\CCCCCCCC(=O)Oc1ccc(CC(=O)OCCC2CCN(CCS)CC2)cc1.CCCCCCCC/C=C\CCCCCCCC(=O)Oc1ccc(CC(=O)OCCC2CCN(CCS)CC2)cc1. The van der Waals surface area contributed by atoms with Crippen molar-refractivity contribution in [3.8, 4) is 11.5 Å². The van der Waals surface area contributed by atoms with Gasteiger partial charge in [0.2, 0.25) is 0 Å². The Kier molecular flexibility index (Phi) is 45.0. The van der Waals surface area contributed by atoms with Gasteiger partial charge in [0.1, 0.15) is 11.5 Å². The third kappa shape index (κ3) is 39.9. The van der Waals surface area contributed by atoms with E-state index in [0.29, 0.717) is 49.4 Å². The zero-order valence-corrected chi connectivity index (χ0v) is 53.5. The molecule has 2 saturated heterocycles. The van der Waals surface area contributed by atoms with E-state index in [4.69, 9.17) is 18.9 Å². The Balaban J connectivity index is 0.000000430. The number of nitrogens with zero attached hydrogens (tertiary/aromatic N) is 2. The molecule has 0 aromatic heterocycles. The first kappa shape index (κ1) is 72.7. The molecule has 12 heteroatoms. The summed E-state index contributed by atoms with van der Waals surface area (Å²) in [6.45, 7) is 12.1. The summed E-state index contributed by atoms with van der Waals surface area (Å²) >= 11 is 8.62. The maximum absolute atomic E-state index is 12.2. The maximum atomic E-state index is 12.2. The van der Waals surface area contributed by atoms with Crippen LogP contribution in [0.5, 0.6) is 11.5 Å². The topological polar surface area (TPSA) is 112 Å². The summed E-state index contributed by atoms with van der Waals surface area (Å²) in [4.78, 5) is 53.8. The molecule has 10 nitrogen and oxygen atoms in total. The van der Waals surface area contributed by atoms with Crippen molar-refractivity contribution in [1.82, 2.24) is 9.80 Å². The van der Waals surface area contributed by atoms with Gasteiger partial charge in [-0.25, -0.2) is 0 Å². The number of benzene rings is 2. The van der Waals surface area contributed by atoms with E-state index in [1.807, 2.05) is 24.3 Å². The molecule has 2 fully saturated rings. The lowest BCUT2D eigenvalue weighted by atomic mass is 9.94. The third-order valence-corrected chi connectivity index (χ3v) is 16.5. The van der Waals surface area contributed by atoms with E-state index in [2.05, 4.69) is 73.2 Å². The Morgan fingerprint density at radius 2 is 0.732 bits per heavy atom. The first-order chi connectivity index (χ1) is 40.2. The van der Waals surface area contributed by atoms with Crippen molar-refractivity contribution >= 4 is 49.1 Å². The highest BCUT2D eigenvalue weighted by Crippen LogP contribution is 2.23. The van der Waals surface area contributed by atoms with Crippen molar-refractivity contribution in [2.45, 2.75) is 245 Å². The number of ether oxygens (including phenoxy) is 4. The number of allylic oxidation sites excluding steroid dienone is 4. The second-order valence-electron chi connectivity index (χ2n) is 23.3. The molecule has 2 aliphatic heterocycles. The van der Waals surface area contributed by atoms with Crippen LogP contribution >= 0.6 is 25.3 Å². The van der Waals surface area contributed by atoms with Crippen LogP contribution in [0.1, 0.15) is 243 Å². The van der Waals surface area contributed by atoms with Crippen molar-refractivity contribution in [3.63, 3.8) is 0 Å². The minimum Gasteiger partial charge on any atom is -0.465 e. The number of thiol groups is 2. The van der Waals surface area contributed by atoms with Gasteiger partial charge in [-0.2, -0.15) is 25.3 Å². The van der Waals surface area contributed by atoms with E-state index >= 15 is 0 Å². The predicted octanol–water partition coefficient (Wildman–Crippen LogP) is 17.5. The molecule has 2 aromatic carbocycles. The zero-order valence-electron chi connectivity index (χ0n) is 51.7. The van der Waals surface area contributed by atoms with Gasteiger partial charge in [0, 0.05) is 37.4 Å². The predicted molar refractivity (Wildman–Crippen MR) is 348 cm³/mol. The maximum Gasteiger partial charge on any atom is 0.311 e. The van der Waals surface area contributed by atoms with Crippen LogP contribution in [0.4, 0.5) is 0 Å². The van der Waals surface area contributed by atoms with Crippen LogP contribution in [0, 0.1) is 11.8 Å². The van der Waals surface area contributed by atoms with Crippen LogP contribution in [0.2, 0.25) is 0 Å². The van der Waals surface area contributed by atoms with E-state index in [1.54, 1.807) is 24.3 Å². The summed E-state index contributed by atoms with van der Waals surface area (Å²) in [5, 5.41) is 0. The number of esters is 4. The van der Waals surface area contributed by atoms with Crippen molar-refractivity contribution in [2.75, 3.05) is 64.0 Å². The summed E-state index contributed by atoms with van der Waals surface area (Å²) in [6, 6.07) is 14.4. The fraction of sp³-hybridized carbons (Fsp3) is 0.714. The summed E-state index contributed by atoms with van der Waals surface area (Å²) in [7, 11) is 0. The summed E-state index contributed by atoms with van der Waals surface area (Å²) in [5.74, 6) is 3.37.